The molecule has 0 radical (unpaired) electrons. The molecule has 1 heterocycles. The van der Waals surface area contributed by atoms with Crippen molar-refractivity contribution in [2.24, 2.45) is 5.92 Å². The van der Waals surface area contributed by atoms with E-state index in [1.807, 2.05) is 18.2 Å². The lowest BCUT2D eigenvalue weighted by molar-refractivity contribution is 0.332. The zero-order valence-corrected chi connectivity index (χ0v) is 12.3. The fourth-order valence-electron chi connectivity index (χ4n) is 2.17. The minimum absolute atomic E-state index is 0.0699. The van der Waals surface area contributed by atoms with Crippen LogP contribution in [0.2, 0.25) is 0 Å². The third-order valence-corrected chi connectivity index (χ3v) is 3.46. The Morgan fingerprint density at radius 1 is 1.30 bits per heavy atom. The molecule has 2 aromatic rings. The predicted octanol–water partition coefficient (Wildman–Crippen LogP) is 1.82. The molecule has 5 heteroatoms. The highest BCUT2D eigenvalue weighted by Crippen LogP contribution is 2.06. The van der Waals surface area contributed by atoms with E-state index in [2.05, 4.69) is 36.4 Å². The van der Waals surface area contributed by atoms with Gasteiger partial charge < -0.3 is 5.32 Å². The molecule has 5 nitrogen and oxygen atoms in total. The van der Waals surface area contributed by atoms with E-state index < -0.39 is 0 Å². The van der Waals surface area contributed by atoms with Gasteiger partial charge in [0, 0.05) is 6.04 Å². The Labute approximate surface area is 119 Å². The van der Waals surface area contributed by atoms with Gasteiger partial charge in [0.05, 0.1) is 11.9 Å². The number of rotatable bonds is 6. The van der Waals surface area contributed by atoms with Crippen molar-refractivity contribution >= 4 is 10.9 Å². The van der Waals surface area contributed by atoms with Crippen LogP contribution in [0.4, 0.5) is 0 Å². The Morgan fingerprint density at radius 2 is 2.05 bits per heavy atom. The molecular weight excluding hydrogens is 252 g/mol. The van der Waals surface area contributed by atoms with Crippen LogP contribution in [0, 0.1) is 5.92 Å². The highest BCUT2D eigenvalue weighted by molar-refractivity contribution is 5.76. The van der Waals surface area contributed by atoms with E-state index in [0.29, 0.717) is 23.4 Å². The van der Waals surface area contributed by atoms with Gasteiger partial charge in [-0.25, -0.2) is 4.68 Å². The van der Waals surface area contributed by atoms with Gasteiger partial charge in [-0.05, 0) is 31.0 Å². The zero-order valence-electron chi connectivity index (χ0n) is 12.3. The summed E-state index contributed by atoms with van der Waals surface area (Å²) in [5, 5.41) is 12.3. The van der Waals surface area contributed by atoms with Crippen LogP contribution in [-0.4, -0.2) is 27.6 Å². The number of fused-ring (bicyclic) bond motifs is 1. The second-order valence-corrected chi connectivity index (χ2v) is 5.40. The van der Waals surface area contributed by atoms with Crippen LogP contribution in [0.5, 0.6) is 0 Å². The molecule has 0 bridgehead atoms. The Bertz CT molecular complexity index is 621. The van der Waals surface area contributed by atoms with Crippen LogP contribution in [-0.2, 0) is 6.54 Å². The summed E-state index contributed by atoms with van der Waals surface area (Å²) < 4.78 is 1.47. The largest absolute Gasteiger partial charge is 0.312 e. The first-order valence-electron chi connectivity index (χ1n) is 7.19. The van der Waals surface area contributed by atoms with Crippen molar-refractivity contribution in [3.8, 4) is 0 Å². The third-order valence-electron chi connectivity index (χ3n) is 3.46. The predicted molar refractivity (Wildman–Crippen MR) is 80.7 cm³/mol. The smallest absolute Gasteiger partial charge is 0.277 e. The number of hydrogen-bond donors (Lipinski definition) is 1. The maximum Gasteiger partial charge on any atom is 0.277 e. The summed E-state index contributed by atoms with van der Waals surface area (Å²) in [6.07, 6.45) is 1.07. The molecule has 2 rings (SSSR count). The zero-order chi connectivity index (χ0) is 14.5. The molecule has 0 spiro atoms. The lowest BCUT2D eigenvalue weighted by Gasteiger charge is -2.22. The number of hydrogen-bond acceptors (Lipinski definition) is 4. The van der Waals surface area contributed by atoms with Gasteiger partial charge in [-0.3, -0.25) is 4.79 Å². The summed E-state index contributed by atoms with van der Waals surface area (Å²) in [7, 11) is 0. The summed E-state index contributed by atoms with van der Waals surface area (Å²) >= 11 is 0. The number of benzene rings is 1. The lowest BCUT2D eigenvalue weighted by Crippen LogP contribution is -2.41. The second kappa shape index (κ2) is 6.61. The van der Waals surface area contributed by atoms with E-state index >= 15 is 0 Å². The Hall–Kier alpha value is -1.75. The standard InChI is InChI=1S/C15H22N4O/c1-4-9-16-14(11(2)3)10-19-15(20)12-7-5-6-8-13(12)17-18-19/h5-8,11,14,16H,4,9-10H2,1-3H3. The number of nitrogens with one attached hydrogen (secondary N) is 1. The number of nitrogens with zero attached hydrogens (tertiary/aromatic N) is 3. The molecule has 1 unspecified atom stereocenters. The van der Waals surface area contributed by atoms with Crippen LogP contribution in [0.15, 0.2) is 29.1 Å². The molecule has 0 aliphatic heterocycles. The molecule has 0 saturated carbocycles. The Kier molecular flexibility index (Phi) is 4.84. The SMILES string of the molecule is CCCNC(Cn1nnc2ccccc2c1=O)C(C)C. The van der Waals surface area contributed by atoms with Gasteiger partial charge in [-0.2, -0.15) is 0 Å². The topological polar surface area (TPSA) is 59.8 Å². The summed E-state index contributed by atoms with van der Waals surface area (Å²) in [5.74, 6) is 0.432. The van der Waals surface area contributed by atoms with Crippen molar-refractivity contribution in [1.82, 2.24) is 20.3 Å². The summed E-state index contributed by atoms with van der Waals surface area (Å²) in [4.78, 5) is 12.4. The first kappa shape index (κ1) is 14.7. The molecule has 1 atom stereocenters. The average Bonchev–Trinajstić information content (AvgIpc) is 2.45. The highest BCUT2D eigenvalue weighted by atomic mass is 16.1. The third kappa shape index (κ3) is 3.22. The fourth-order valence-corrected chi connectivity index (χ4v) is 2.17. The van der Waals surface area contributed by atoms with Crippen LogP contribution in [0.3, 0.4) is 0 Å². The van der Waals surface area contributed by atoms with Gasteiger partial charge in [0.25, 0.3) is 5.56 Å². The molecule has 0 aliphatic carbocycles. The normalized spacial score (nSPS) is 13.0. The molecule has 1 N–H and O–H groups in total. The van der Waals surface area contributed by atoms with Crippen LogP contribution in [0.1, 0.15) is 27.2 Å². The van der Waals surface area contributed by atoms with E-state index in [4.69, 9.17) is 0 Å². The molecule has 1 aromatic heterocycles. The van der Waals surface area contributed by atoms with Gasteiger partial charge in [0.15, 0.2) is 0 Å². The van der Waals surface area contributed by atoms with Crippen molar-refractivity contribution in [1.29, 1.82) is 0 Å². The van der Waals surface area contributed by atoms with Gasteiger partial charge in [0.2, 0.25) is 0 Å². The van der Waals surface area contributed by atoms with Crippen molar-refractivity contribution in [3.05, 3.63) is 34.6 Å². The maximum absolute atomic E-state index is 12.4. The first-order valence-corrected chi connectivity index (χ1v) is 7.19. The molecule has 108 valence electrons. The van der Waals surface area contributed by atoms with E-state index in [-0.39, 0.29) is 11.6 Å². The van der Waals surface area contributed by atoms with Crippen molar-refractivity contribution in [2.75, 3.05) is 6.54 Å². The lowest BCUT2D eigenvalue weighted by atomic mass is 10.0. The van der Waals surface area contributed by atoms with Crippen LogP contribution in [0.25, 0.3) is 10.9 Å². The molecule has 0 fully saturated rings. The minimum atomic E-state index is -0.0699. The van der Waals surface area contributed by atoms with Gasteiger partial charge in [-0.15, -0.1) is 5.10 Å². The van der Waals surface area contributed by atoms with Crippen LogP contribution < -0.4 is 10.9 Å². The van der Waals surface area contributed by atoms with Crippen molar-refractivity contribution < 1.29 is 0 Å². The monoisotopic (exact) mass is 274 g/mol. The quantitative estimate of drug-likeness (QED) is 0.873. The Balaban J connectivity index is 2.28. The highest BCUT2D eigenvalue weighted by Gasteiger charge is 2.15. The van der Waals surface area contributed by atoms with Crippen LogP contribution >= 0.6 is 0 Å². The fraction of sp³-hybridized carbons (Fsp3) is 0.533. The second-order valence-electron chi connectivity index (χ2n) is 5.40. The molecule has 20 heavy (non-hydrogen) atoms. The van der Waals surface area contributed by atoms with E-state index in [1.54, 1.807) is 6.07 Å². The molecule has 0 saturated heterocycles. The van der Waals surface area contributed by atoms with Gasteiger partial charge >= 0.3 is 0 Å². The van der Waals surface area contributed by atoms with E-state index in [1.165, 1.54) is 4.68 Å². The average molecular weight is 274 g/mol. The summed E-state index contributed by atoms with van der Waals surface area (Å²) in [6.45, 7) is 7.92. The van der Waals surface area contributed by atoms with E-state index in [9.17, 15) is 4.79 Å². The molecule has 0 amide bonds. The first-order chi connectivity index (χ1) is 9.63. The van der Waals surface area contributed by atoms with Gasteiger partial charge in [-0.1, -0.05) is 38.1 Å². The summed E-state index contributed by atoms with van der Waals surface area (Å²) in [6, 6.07) is 7.55. The van der Waals surface area contributed by atoms with Gasteiger partial charge in [0.1, 0.15) is 5.52 Å². The van der Waals surface area contributed by atoms with Crippen molar-refractivity contribution in [3.63, 3.8) is 0 Å². The van der Waals surface area contributed by atoms with E-state index in [0.717, 1.165) is 13.0 Å². The maximum atomic E-state index is 12.4. The Morgan fingerprint density at radius 3 is 2.75 bits per heavy atom. The minimum Gasteiger partial charge on any atom is -0.312 e. The number of aromatic nitrogens is 3. The van der Waals surface area contributed by atoms with Crippen molar-refractivity contribution in [2.45, 2.75) is 39.8 Å². The molecular formula is C15H22N4O. The summed E-state index contributed by atoms with van der Waals surface area (Å²) in [5.41, 5.74) is 0.580. The molecule has 0 aliphatic rings. The molecule has 1 aromatic carbocycles.